The van der Waals surface area contributed by atoms with Gasteiger partial charge in [0.05, 0.1) is 13.1 Å². The molecule has 1 heterocycles. The van der Waals surface area contributed by atoms with Crippen LogP contribution in [0.4, 0.5) is 0 Å². The Balaban J connectivity index is 1.47. The van der Waals surface area contributed by atoms with E-state index in [9.17, 15) is 4.79 Å². The van der Waals surface area contributed by atoms with E-state index in [1.807, 2.05) is 66.7 Å². The Morgan fingerprint density at radius 1 is 1.10 bits per heavy atom. The average molecular weight is 499 g/mol. The van der Waals surface area contributed by atoms with E-state index in [1.165, 1.54) is 0 Å². The van der Waals surface area contributed by atoms with Crippen molar-refractivity contribution >= 4 is 33.8 Å². The molecule has 0 aliphatic carbocycles. The van der Waals surface area contributed by atoms with Crippen molar-refractivity contribution in [2.24, 2.45) is 5.73 Å². The number of ether oxygens (including phenoxy) is 1. The molecule has 160 valence electrons. The second-order valence-corrected chi connectivity index (χ2v) is 9.69. The third kappa shape index (κ3) is 5.30. The van der Waals surface area contributed by atoms with E-state index in [1.54, 1.807) is 11.9 Å². The molecule has 7 heteroatoms. The smallest absolute Gasteiger partial charge is 0.320 e. The molecule has 1 atom stereocenters. The lowest BCUT2D eigenvalue weighted by atomic mass is 9.87. The fourth-order valence-electron chi connectivity index (χ4n) is 3.61. The Hall–Kier alpha value is -2.32. The summed E-state index contributed by atoms with van der Waals surface area (Å²) in [6, 6.07) is 25.2. The Kier molecular flexibility index (Phi) is 6.67. The maximum atomic E-state index is 11.0. The largest absolute Gasteiger partial charge is 0.480 e. The van der Waals surface area contributed by atoms with Gasteiger partial charge in [0.2, 0.25) is 0 Å². The predicted octanol–water partition coefficient (Wildman–Crippen LogP) is 4.70. The number of halogens is 1. The molecule has 1 saturated heterocycles. The van der Waals surface area contributed by atoms with E-state index in [0.717, 1.165) is 39.3 Å². The SMILES string of the molecule is NC(Cc1cccc(SN2CC(Oc3cccc(Br)c3)(c3ccccc3)C2)c1)C(=O)O. The fraction of sp³-hybridized carbons (Fsp3) is 0.208. The number of hydrogen-bond donors (Lipinski definition) is 2. The lowest BCUT2D eigenvalue weighted by Crippen LogP contribution is -2.59. The van der Waals surface area contributed by atoms with Gasteiger partial charge in [0.15, 0.2) is 5.60 Å². The van der Waals surface area contributed by atoms with Crippen LogP contribution in [0.3, 0.4) is 0 Å². The minimum absolute atomic E-state index is 0.309. The van der Waals surface area contributed by atoms with Gasteiger partial charge < -0.3 is 15.6 Å². The van der Waals surface area contributed by atoms with Crippen LogP contribution in [-0.2, 0) is 16.8 Å². The van der Waals surface area contributed by atoms with Crippen molar-refractivity contribution in [3.05, 3.63) is 94.5 Å². The molecule has 1 aliphatic heterocycles. The van der Waals surface area contributed by atoms with Gasteiger partial charge >= 0.3 is 5.97 Å². The van der Waals surface area contributed by atoms with Crippen molar-refractivity contribution in [1.29, 1.82) is 0 Å². The van der Waals surface area contributed by atoms with Crippen LogP contribution in [0.1, 0.15) is 11.1 Å². The Morgan fingerprint density at radius 2 is 1.84 bits per heavy atom. The number of rotatable bonds is 8. The topological polar surface area (TPSA) is 75.8 Å². The molecule has 3 aromatic rings. The molecular weight excluding hydrogens is 476 g/mol. The number of nitrogens with two attached hydrogens (primary N) is 1. The standard InChI is InChI=1S/C24H23BrN2O3S/c25-19-9-5-10-20(14-19)30-24(18-7-2-1-3-8-18)15-27(16-24)31-21-11-4-6-17(12-21)13-22(26)23(28)29/h1-12,14,22H,13,15-16,26H2,(H,28,29). The number of carbonyl (C=O) groups is 1. The molecule has 0 amide bonds. The normalized spacial score (nSPS) is 16.3. The molecule has 0 aromatic heterocycles. The van der Waals surface area contributed by atoms with Gasteiger partial charge in [0.1, 0.15) is 11.8 Å². The van der Waals surface area contributed by atoms with Gasteiger partial charge in [-0.3, -0.25) is 4.79 Å². The minimum atomic E-state index is -0.988. The molecule has 31 heavy (non-hydrogen) atoms. The predicted molar refractivity (Wildman–Crippen MR) is 126 cm³/mol. The van der Waals surface area contributed by atoms with Crippen molar-refractivity contribution in [2.45, 2.75) is 23.0 Å². The molecule has 1 aliphatic rings. The molecule has 0 saturated carbocycles. The van der Waals surface area contributed by atoms with E-state index >= 15 is 0 Å². The summed E-state index contributed by atoms with van der Waals surface area (Å²) in [5.74, 6) is -0.161. The van der Waals surface area contributed by atoms with Gasteiger partial charge in [-0.15, -0.1) is 0 Å². The van der Waals surface area contributed by atoms with Gasteiger partial charge in [0, 0.05) is 9.37 Å². The Morgan fingerprint density at radius 3 is 2.55 bits per heavy atom. The third-order valence-corrected chi connectivity index (χ3v) is 6.65. The van der Waals surface area contributed by atoms with Gasteiger partial charge in [0.25, 0.3) is 0 Å². The Bertz CT molecular complexity index is 1060. The number of hydrogen-bond acceptors (Lipinski definition) is 5. The lowest BCUT2D eigenvalue weighted by molar-refractivity contribution is -0.138. The summed E-state index contributed by atoms with van der Waals surface area (Å²) in [6.45, 7) is 1.46. The highest BCUT2D eigenvalue weighted by Gasteiger charge is 2.47. The number of aliphatic carboxylic acids is 1. The summed E-state index contributed by atoms with van der Waals surface area (Å²) >= 11 is 5.16. The quantitative estimate of drug-likeness (QED) is 0.438. The van der Waals surface area contributed by atoms with Crippen molar-refractivity contribution in [3.8, 4) is 5.75 Å². The summed E-state index contributed by atoms with van der Waals surface area (Å²) in [6.07, 6.45) is 0.309. The van der Waals surface area contributed by atoms with Crippen molar-refractivity contribution in [1.82, 2.24) is 4.31 Å². The number of carboxylic acids is 1. The first kappa shape index (κ1) is 21.9. The van der Waals surface area contributed by atoms with Crippen LogP contribution in [0.15, 0.2) is 88.2 Å². The van der Waals surface area contributed by atoms with E-state index in [2.05, 4.69) is 32.4 Å². The summed E-state index contributed by atoms with van der Waals surface area (Å²) in [4.78, 5) is 12.1. The second kappa shape index (κ2) is 9.44. The zero-order chi connectivity index (χ0) is 21.8. The van der Waals surface area contributed by atoms with E-state index in [4.69, 9.17) is 15.6 Å². The minimum Gasteiger partial charge on any atom is -0.480 e. The van der Waals surface area contributed by atoms with Crippen molar-refractivity contribution < 1.29 is 14.6 Å². The Labute approximate surface area is 194 Å². The maximum Gasteiger partial charge on any atom is 0.320 e. The summed E-state index contributed by atoms with van der Waals surface area (Å²) < 4.78 is 9.74. The number of benzene rings is 3. The van der Waals surface area contributed by atoms with Crippen molar-refractivity contribution in [2.75, 3.05) is 13.1 Å². The van der Waals surface area contributed by atoms with E-state index in [0.29, 0.717) is 6.42 Å². The molecule has 1 fully saturated rings. The molecule has 0 radical (unpaired) electrons. The first-order chi connectivity index (χ1) is 14.9. The highest BCUT2D eigenvalue weighted by molar-refractivity contribution is 9.10. The molecule has 3 N–H and O–H groups in total. The molecule has 1 unspecified atom stereocenters. The molecule has 0 spiro atoms. The van der Waals surface area contributed by atoms with Crippen LogP contribution in [0.25, 0.3) is 0 Å². The van der Waals surface area contributed by atoms with Gasteiger partial charge in [-0.1, -0.05) is 64.5 Å². The maximum absolute atomic E-state index is 11.0. The van der Waals surface area contributed by atoms with Crippen molar-refractivity contribution in [3.63, 3.8) is 0 Å². The van der Waals surface area contributed by atoms with Crippen LogP contribution < -0.4 is 10.5 Å². The summed E-state index contributed by atoms with van der Waals surface area (Å²) in [5, 5.41) is 9.05. The van der Waals surface area contributed by atoms with Crippen LogP contribution in [0.2, 0.25) is 0 Å². The van der Waals surface area contributed by atoms with E-state index in [-0.39, 0.29) is 0 Å². The van der Waals surface area contributed by atoms with Gasteiger partial charge in [-0.05, 0) is 59.8 Å². The van der Waals surface area contributed by atoms with Crippen LogP contribution in [0.5, 0.6) is 5.75 Å². The molecule has 4 rings (SSSR count). The van der Waals surface area contributed by atoms with Gasteiger partial charge in [-0.2, -0.15) is 0 Å². The second-order valence-electron chi connectivity index (χ2n) is 7.61. The van der Waals surface area contributed by atoms with Gasteiger partial charge in [-0.25, -0.2) is 4.31 Å². The monoisotopic (exact) mass is 498 g/mol. The summed E-state index contributed by atoms with van der Waals surface area (Å²) in [7, 11) is 0. The summed E-state index contributed by atoms with van der Waals surface area (Å²) in [5.41, 5.74) is 7.33. The zero-order valence-corrected chi connectivity index (χ0v) is 19.2. The molecule has 3 aromatic carbocycles. The first-order valence-corrected chi connectivity index (χ1v) is 11.5. The highest BCUT2D eigenvalue weighted by Crippen LogP contribution is 2.42. The third-order valence-electron chi connectivity index (χ3n) is 5.18. The average Bonchev–Trinajstić information content (AvgIpc) is 2.73. The first-order valence-electron chi connectivity index (χ1n) is 9.94. The van der Waals surface area contributed by atoms with Crippen LogP contribution in [0, 0.1) is 0 Å². The molecule has 5 nitrogen and oxygen atoms in total. The highest BCUT2D eigenvalue weighted by atomic mass is 79.9. The zero-order valence-electron chi connectivity index (χ0n) is 16.8. The molecular formula is C24H23BrN2O3S. The number of carboxylic acid groups (broad SMARTS) is 1. The van der Waals surface area contributed by atoms with E-state index < -0.39 is 17.6 Å². The number of nitrogens with zero attached hydrogens (tertiary/aromatic N) is 1. The molecule has 0 bridgehead atoms. The lowest BCUT2D eigenvalue weighted by Gasteiger charge is -2.49. The van der Waals surface area contributed by atoms with Crippen LogP contribution in [-0.4, -0.2) is 34.5 Å². The fourth-order valence-corrected chi connectivity index (χ4v) is 5.18. The van der Waals surface area contributed by atoms with Crippen LogP contribution >= 0.6 is 27.9 Å².